The summed E-state index contributed by atoms with van der Waals surface area (Å²) in [5, 5.41) is 8.75. The van der Waals surface area contributed by atoms with Crippen LogP contribution in [0.4, 0.5) is 5.69 Å². The van der Waals surface area contributed by atoms with E-state index in [-0.39, 0.29) is 6.04 Å². The number of aryl methyl sites for hydroxylation is 1. The van der Waals surface area contributed by atoms with Crippen molar-refractivity contribution in [1.82, 2.24) is 25.0 Å². The second kappa shape index (κ2) is 7.61. The van der Waals surface area contributed by atoms with E-state index in [2.05, 4.69) is 46.1 Å². The summed E-state index contributed by atoms with van der Waals surface area (Å²) in [5.41, 5.74) is 5.11. The normalized spacial score (nSPS) is 18.6. The van der Waals surface area contributed by atoms with Crippen LogP contribution >= 0.6 is 0 Å². The summed E-state index contributed by atoms with van der Waals surface area (Å²) >= 11 is 0. The Balaban J connectivity index is 1.62. The van der Waals surface area contributed by atoms with Crippen molar-refractivity contribution in [3.63, 3.8) is 0 Å². The minimum absolute atomic E-state index is 0.111. The van der Waals surface area contributed by atoms with Gasteiger partial charge in [-0.2, -0.15) is 10.2 Å². The topological polar surface area (TPSA) is 81.1 Å². The zero-order chi connectivity index (χ0) is 21.5. The molecule has 0 radical (unpaired) electrons. The molecule has 8 nitrogen and oxygen atoms in total. The largest absolute Gasteiger partial charge is 0.493 e. The molecule has 0 saturated carbocycles. The van der Waals surface area contributed by atoms with Crippen molar-refractivity contribution >= 4 is 16.7 Å². The molecular formula is C23H26N6O2. The highest BCUT2D eigenvalue weighted by molar-refractivity contribution is 5.80. The van der Waals surface area contributed by atoms with Crippen molar-refractivity contribution in [2.24, 2.45) is 5.92 Å². The second-order valence-electron chi connectivity index (χ2n) is 8.01. The molecule has 0 amide bonds. The first-order chi connectivity index (χ1) is 15.1. The lowest BCUT2D eigenvalue weighted by Gasteiger charge is -2.30. The number of aromatic amines is 1. The molecule has 2 atom stereocenters. The maximum absolute atomic E-state index is 5.46. The SMILES string of the molecule is COc1cc2nc([C@@H]3[C@@H](C)CCN3c3c(C)cccc3-n3nccn3)[nH]c2cc1OC. The standard InChI is InChI=1S/C23H26N6O2/c1-14-6-5-7-18(29-24-9-10-25-29)21(14)28-11-8-15(2)22(28)23-26-16-12-19(30-3)20(31-4)13-17(16)27-23/h5-7,9-10,12-13,15,22H,8,11H2,1-4H3,(H,26,27)/t15-,22-/m0/s1. The number of anilines is 1. The molecule has 1 aliphatic rings. The van der Waals surface area contributed by atoms with Gasteiger partial charge in [-0.3, -0.25) is 0 Å². The van der Waals surface area contributed by atoms with Gasteiger partial charge in [0.1, 0.15) is 11.5 Å². The number of nitrogens with zero attached hydrogens (tertiary/aromatic N) is 5. The van der Waals surface area contributed by atoms with Crippen molar-refractivity contribution < 1.29 is 9.47 Å². The minimum Gasteiger partial charge on any atom is -0.493 e. The highest BCUT2D eigenvalue weighted by Crippen LogP contribution is 2.43. The number of H-pyrrole nitrogens is 1. The fraction of sp³-hybridized carbons (Fsp3) is 0.348. The van der Waals surface area contributed by atoms with Crippen molar-refractivity contribution in [2.75, 3.05) is 25.7 Å². The number of benzene rings is 2. The lowest BCUT2D eigenvalue weighted by molar-refractivity contribution is 0.356. The number of methoxy groups -OCH3 is 2. The van der Waals surface area contributed by atoms with Crippen LogP contribution in [0.2, 0.25) is 0 Å². The van der Waals surface area contributed by atoms with Crippen LogP contribution in [0.5, 0.6) is 11.5 Å². The van der Waals surface area contributed by atoms with Crippen molar-refractivity contribution in [2.45, 2.75) is 26.3 Å². The first-order valence-electron chi connectivity index (χ1n) is 10.4. The van der Waals surface area contributed by atoms with Crippen molar-refractivity contribution in [3.05, 3.63) is 54.1 Å². The zero-order valence-corrected chi connectivity index (χ0v) is 18.2. The molecule has 0 unspecified atom stereocenters. The van der Waals surface area contributed by atoms with Crippen LogP contribution in [0.25, 0.3) is 16.7 Å². The maximum atomic E-state index is 5.46. The van der Waals surface area contributed by atoms with Gasteiger partial charge in [-0.1, -0.05) is 19.1 Å². The van der Waals surface area contributed by atoms with Crippen LogP contribution in [0.3, 0.4) is 0 Å². The summed E-state index contributed by atoms with van der Waals surface area (Å²) in [6.45, 7) is 5.36. The number of fused-ring (bicyclic) bond motifs is 1. The van der Waals surface area contributed by atoms with Gasteiger partial charge in [-0.15, -0.1) is 4.80 Å². The molecule has 31 heavy (non-hydrogen) atoms. The van der Waals surface area contributed by atoms with E-state index < -0.39 is 0 Å². The first-order valence-corrected chi connectivity index (χ1v) is 10.4. The summed E-state index contributed by atoms with van der Waals surface area (Å²) in [7, 11) is 3.28. The Kier molecular flexibility index (Phi) is 4.77. The van der Waals surface area contributed by atoms with Gasteiger partial charge >= 0.3 is 0 Å². The molecule has 0 spiro atoms. The predicted molar refractivity (Wildman–Crippen MR) is 119 cm³/mol. The van der Waals surface area contributed by atoms with Crippen LogP contribution in [-0.2, 0) is 0 Å². The molecule has 0 bridgehead atoms. The number of rotatable bonds is 5. The van der Waals surface area contributed by atoms with E-state index in [1.54, 1.807) is 31.4 Å². The molecule has 0 aliphatic carbocycles. The lowest BCUT2D eigenvalue weighted by atomic mass is 10.0. The van der Waals surface area contributed by atoms with Gasteiger partial charge in [-0.05, 0) is 30.9 Å². The molecule has 160 valence electrons. The second-order valence-corrected chi connectivity index (χ2v) is 8.01. The van der Waals surface area contributed by atoms with Gasteiger partial charge in [0.25, 0.3) is 0 Å². The Hall–Kier alpha value is -3.55. The van der Waals surface area contributed by atoms with E-state index in [9.17, 15) is 0 Å². The predicted octanol–water partition coefficient (Wildman–Crippen LogP) is 4.06. The molecule has 4 aromatic rings. The highest BCUT2D eigenvalue weighted by Gasteiger charge is 2.37. The summed E-state index contributed by atoms with van der Waals surface area (Å²) < 4.78 is 10.9. The number of nitrogens with one attached hydrogen (secondary N) is 1. The molecule has 1 saturated heterocycles. The van der Waals surface area contributed by atoms with Crippen LogP contribution < -0.4 is 14.4 Å². The Morgan fingerprint density at radius 3 is 2.55 bits per heavy atom. The summed E-state index contributed by atoms with van der Waals surface area (Å²) in [5.74, 6) is 2.74. The van der Waals surface area contributed by atoms with Crippen LogP contribution in [0.15, 0.2) is 42.7 Å². The van der Waals surface area contributed by atoms with Gasteiger partial charge in [-0.25, -0.2) is 4.98 Å². The van der Waals surface area contributed by atoms with Gasteiger partial charge < -0.3 is 19.4 Å². The number of hydrogen-bond acceptors (Lipinski definition) is 6. The first kappa shape index (κ1) is 19.4. The van der Waals surface area contributed by atoms with Crippen molar-refractivity contribution in [3.8, 4) is 17.2 Å². The monoisotopic (exact) mass is 418 g/mol. The molecule has 1 N–H and O–H groups in total. The quantitative estimate of drug-likeness (QED) is 0.526. The average molecular weight is 419 g/mol. The third-order valence-corrected chi connectivity index (χ3v) is 6.12. The summed E-state index contributed by atoms with van der Waals surface area (Å²) in [6.07, 6.45) is 4.49. The molecule has 3 heterocycles. The molecule has 2 aromatic heterocycles. The molecule has 1 fully saturated rings. The van der Waals surface area contributed by atoms with E-state index >= 15 is 0 Å². The number of para-hydroxylation sites is 1. The Labute approximate surface area is 180 Å². The maximum Gasteiger partial charge on any atom is 0.163 e. The average Bonchev–Trinajstić information content (AvgIpc) is 3.51. The Morgan fingerprint density at radius 1 is 1.06 bits per heavy atom. The minimum atomic E-state index is 0.111. The van der Waals surface area contributed by atoms with E-state index in [0.717, 1.165) is 41.2 Å². The van der Waals surface area contributed by atoms with Crippen LogP contribution in [0.1, 0.15) is 30.8 Å². The Morgan fingerprint density at radius 2 is 1.81 bits per heavy atom. The molecular weight excluding hydrogens is 392 g/mol. The van der Waals surface area contributed by atoms with Gasteiger partial charge in [0, 0.05) is 18.7 Å². The fourth-order valence-corrected chi connectivity index (χ4v) is 4.63. The molecule has 1 aliphatic heterocycles. The van der Waals surface area contributed by atoms with Gasteiger partial charge in [0.15, 0.2) is 11.5 Å². The van der Waals surface area contributed by atoms with Crippen LogP contribution in [0, 0.1) is 12.8 Å². The van der Waals surface area contributed by atoms with Crippen LogP contribution in [-0.4, -0.2) is 45.7 Å². The third kappa shape index (κ3) is 3.19. The van der Waals surface area contributed by atoms with E-state index in [1.807, 2.05) is 18.2 Å². The number of ether oxygens (including phenoxy) is 2. The molecule has 5 rings (SSSR count). The number of imidazole rings is 1. The highest BCUT2D eigenvalue weighted by atomic mass is 16.5. The van der Waals surface area contributed by atoms with Gasteiger partial charge in [0.05, 0.1) is 49.4 Å². The fourth-order valence-electron chi connectivity index (χ4n) is 4.63. The summed E-state index contributed by atoms with van der Waals surface area (Å²) in [4.78, 5) is 12.6. The van der Waals surface area contributed by atoms with Gasteiger partial charge in [0.2, 0.25) is 0 Å². The number of aromatic nitrogens is 5. The third-order valence-electron chi connectivity index (χ3n) is 6.12. The smallest absolute Gasteiger partial charge is 0.163 e. The van der Waals surface area contributed by atoms with Crippen molar-refractivity contribution in [1.29, 1.82) is 0 Å². The van der Waals surface area contributed by atoms with E-state index in [0.29, 0.717) is 17.4 Å². The van der Waals surface area contributed by atoms with E-state index in [4.69, 9.17) is 14.5 Å². The molecule has 8 heteroatoms. The zero-order valence-electron chi connectivity index (χ0n) is 18.2. The summed E-state index contributed by atoms with van der Waals surface area (Å²) in [6, 6.07) is 10.2. The number of hydrogen-bond donors (Lipinski definition) is 1. The lowest BCUT2D eigenvalue weighted by Crippen LogP contribution is -2.27. The Bertz CT molecular complexity index is 1180. The molecule has 2 aromatic carbocycles. The van der Waals surface area contributed by atoms with E-state index in [1.165, 1.54) is 5.56 Å².